The largest absolute Gasteiger partial charge is 0.330 e. The van der Waals surface area contributed by atoms with E-state index in [1.54, 1.807) is 29.2 Å². The molecule has 24 heavy (non-hydrogen) atoms. The number of hydrogen-bond donors (Lipinski definition) is 1. The molecule has 0 aliphatic carbocycles. The van der Waals surface area contributed by atoms with Crippen LogP contribution in [-0.4, -0.2) is 27.3 Å². The molecule has 0 aliphatic heterocycles. The SMILES string of the molecule is CCCN(Cc1nc2cc(Cl)ccc2c(=O)[nH]1)C(=O)c1cccs1. The lowest BCUT2D eigenvalue weighted by Gasteiger charge is -2.21. The summed E-state index contributed by atoms with van der Waals surface area (Å²) in [6.45, 7) is 2.85. The number of hydrogen-bond acceptors (Lipinski definition) is 4. The minimum absolute atomic E-state index is 0.0549. The minimum Gasteiger partial charge on any atom is -0.330 e. The number of nitrogens with zero attached hydrogens (tertiary/aromatic N) is 2. The van der Waals surface area contributed by atoms with Crippen molar-refractivity contribution >= 4 is 39.7 Å². The summed E-state index contributed by atoms with van der Waals surface area (Å²) >= 11 is 7.38. The van der Waals surface area contributed by atoms with Gasteiger partial charge >= 0.3 is 0 Å². The van der Waals surface area contributed by atoms with E-state index < -0.39 is 0 Å². The van der Waals surface area contributed by atoms with Gasteiger partial charge in [0.1, 0.15) is 5.82 Å². The summed E-state index contributed by atoms with van der Waals surface area (Å²) in [5.74, 6) is 0.397. The van der Waals surface area contributed by atoms with Crippen molar-refractivity contribution < 1.29 is 4.79 Å². The molecular formula is C17H16ClN3O2S. The Morgan fingerprint density at radius 1 is 1.38 bits per heavy atom. The van der Waals surface area contributed by atoms with Gasteiger partial charge in [0, 0.05) is 11.6 Å². The Morgan fingerprint density at radius 3 is 2.92 bits per heavy atom. The molecule has 124 valence electrons. The first-order valence-electron chi connectivity index (χ1n) is 7.59. The number of nitrogens with one attached hydrogen (secondary N) is 1. The van der Waals surface area contributed by atoms with Crippen molar-refractivity contribution in [2.75, 3.05) is 6.54 Å². The molecule has 0 unspecified atom stereocenters. The van der Waals surface area contributed by atoms with Crippen LogP contribution in [0.15, 0.2) is 40.5 Å². The maximum Gasteiger partial charge on any atom is 0.264 e. The molecule has 1 N–H and O–H groups in total. The second kappa shape index (κ2) is 7.15. The standard InChI is InChI=1S/C17H16ClN3O2S/c1-2-7-21(17(23)14-4-3-8-24-14)10-15-19-13-9-11(18)5-6-12(13)16(22)20-15/h3-6,8-9H,2,7,10H2,1H3,(H,19,20,22). The summed E-state index contributed by atoms with van der Waals surface area (Å²) in [7, 11) is 0. The number of rotatable bonds is 5. The third-order valence-electron chi connectivity index (χ3n) is 3.57. The normalized spacial score (nSPS) is 10.9. The topological polar surface area (TPSA) is 66.1 Å². The molecule has 0 radical (unpaired) electrons. The fourth-order valence-corrected chi connectivity index (χ4v) is 3.35. The third kappa shape index (κ3) is 3.49. The van der Waals surface area contributed by atoms with E-state index in [1.165, 1.54) is 11.3 Å². The lowest BCUT2D eigenvalue weighted by molar-refractivity contribution is 0.0744. The molecule has 0 saturated heterocycles. The molecule has 2 aromatic heterocycles. The van der Waals surface area contributed by atoms with Crippen molar-refractivity contribution in [2.45, 2.75) is 19.9 Å². The van der Waals surface area contributed by atoms with Gasteiger partial charge in [-0.3, -0.25) is 9.59 Å². The smallest absolute Gasteiger partial charge is 0.264 e. The van der Waals surface area contributed by atoms with Gasteiger partial charge in [0.05, 0.1) is 22.3 Å². The number of halogens is 1. The van der Waals surface area contributed by atoms with Gasteiger partial charge < -0.3 is 9.88 Å². The van der Waals surface area contributed by atoms with Gasteiger partial charge in [0.2, 0.25) is 0 Å². The number of carbonyl (C=O) groups is 1. The summed E-state index contributed by atoms with van der Waals surface area (Å²) in [5.41, 5.74) is 0.299. The van der Waals surface area contributed by atoms with Crippen molar-refractivity contribution in [1.82, 2.24) is 14.9 Å². The number of amides is 1. The lowest BCUT2D eigenvalue weighted by Crippen LogP contribution is -2.32. The van der Waals surface area contributed by atoms with E-state index in [0.717, 1.165) is 6.42 Å². The van der Waals surface area contributed by atoms with E-state index in [0.29, 0.717) is 33.2 Å². The molecular weight excluding hydrogens is 346 g/mol. The summed E-state index contributed by atoms with van der Waals surface area (Å²) < 4.78 is 0. The zero-order valence-corrected chi connectivity index (χ0v) is 14.7. The van der Waals surface area contributed by atoms with Crippen molar-refractivity contribution in [3.05, 3.63) is 61.8 Å². The van der Waals surface area contributed by atoms with Crippen LogP contribution in [0.1, 0.15) is 28.8 Å². The van der Waals surface area contributed by atoms with Crippen LogP contribution in [0.3, 0.4) is 0 Å². The fourth-order valence-electron chi connectivity index (χ4n) is 2.50. The Labute approximate surface area is 147 Å². The van der Waals surface area contributed by atoms with Crippen LogP contribution >= 0.6 is 22.9 Å². The average Bonchev–Trinajstić information content (AvgIpc) is 3.07. The number of thiophene rings is 1. The molecule has 0 bridgehead atoms. The summed E-state index contributed by atoms with van der Waals surface area (Å²) in [6, 6.07) is 8.60. The van der Waals surface area contributed by atoms with E-state index in [9.17, 15) is 9.59 Å². The van der Waals surface area contributed by atoms with Gasteiger partial charge in [-0.25, -0.2) is 4.98 Å². The maximum atomic E-state index is 12.6. The summed E-state index contributed by atoms with van der Waals surface area (Å²) in [4.78, 5) is 34.4. The van der Waals surface area contributed by atoms with E-state index >= 15 is 0 Å². The van der Waals surface area contributed by atoms with Crippen LogP contribution in [0.5, 0.6) is 0 Å². The van der Waals surface area contributed by atoms with Gasteiger partial charge in [-0.15, -0.1) is 11.3 Å². The van der Waals surface area contributed by atoms with Crippen LogP contribution in [0.2, 0.25) is 5.02 Å². The predicted molar refractivity (Wildman–Crippen MR) is 96.7 cm³/mol. The number of carbonyl (C=O) groups excluding carboxylic acids is 1. The second-order valence-corrected chi connectivity index (χ2v) is 6.76. The van der Waals surface area contributed by atoms with Gasteiger partial charge in [-0.2, -0.15) is 0 Å². The first-order valence-corrected chi connectivity index (χ1v) is 8.85. The molecule has 3 aromatic rings. The number of H-pyrrole nitrogens is 1. The van der Waals surface area contributed by atoms with Crippen LogP contribution in [-0.2, 0) is 6.54 Å². The Balaban J connectivity index is 1.93. The molecule has 0 fully saturated rings. The van der Waals surface area contributed by atoms with Gasteiger partial charge in [-0.05, 0) is 36.1 Å². The molecule has 1 aromatic carbocycles. The number of benzene rings is 1. The molecule has 3 rings (SSSR count). The Kier molecular flexibility index (Phi) is 4.97. The average molecular weight is 362 g/mol. The molecule has 0 atom stereocenters. The van der Waals surface area contributed by atoms with Crippen LogP contribution < -0.4 is 5.56 Å². The third-order valence-corrected chi connectivity index (χ3v) is 4.66. The van der Waals surface area contributed by atoms with E-state index in [-0.39, 0.29) is 18.0 Å². The highest BCUT2D eigenvalue weighted by molar-refractivity contribution is 7.12. The quantitative estimate of drug-likeness (QED) is 0.753. The maximum absolute atomic E-state index is 12.6. The second-order valence-electron chi connectivity index (χ2n) is 5.38. The summed E-state index contributed by atoms with van der Waals surface area (Å²) in [5, 5.41) is 2.87. The monoisotopic (exact) mass is 361 g/mol. The zero-order valence-electron chi connectivity index (χ0n) is 13.1. The fraction of sp³-hybridized carbons (Fsp3) is 0.235. The first-order chi connectivity index (χ1) is 11.6. The van der Waals surface area contributed by atoms with Crippen molar-refractivity contribution in [3.8, 4) is 0 Å². The molecule has 2 heterocycles. The highest BCUT2D eigenvalue weighted by Crippen LogP contribution is 2.17. The van der Waals surface area contributed by atoms with Gasteiger partial charge in [-0.1, -0.05) is 24.6 Å². The van der Waals surface area contributed by atoms with Crippen LogP contribution in [0, 0.1) is 0 Å². The Bertz CT molecular complexity index is 921. The highest BCUT2D eigenvalue weighted by Gasteiger charge is 2.17. The van der Waals surface area contributed by atoms with E-state index in [2.05, 4.69) is 9.97 Å². The Hall–Kier alpha value is -2.18. The van der Waals surface area contributed by atoms with Crippen molar-refractivity contribution in [3.63, 3.8) is 0 Å². The molecule has 7 heteroatoms. The molecule has 1 amide bonds. The van der Waals surface area contributed by atoms with Crippen molar-refractivity contribution in [2.24, 2.45) is 0 Å². The van der Waals surface area contributed by atoms with E-state index in [4.69, 9.17) is 11.6 Å². The summed E-state index contributed by atoms with van der Waals surface area (Å²) in [6.07, 6.45) is 0.820. The number of fused-ring (bicyclic) bond motifs is 1. The minimum atomic E-state index is -0.230. The molecule has 0 spiro atoms. The molecule has 5 nitrogen and oxygen atoms in total. The van der Waals surface area contributed by atoms with E-state index in [1.807, 2.05) is 18.4 Å². The predicted octanol–water partition coefficient (Wildman–Crippen LogP) is 3.69. The first kappa shape index (κ1) is 16.7. The molecule has 0 saturated carbocycles. The van der Waals surface area contributed by atoms with Crippen LogP contribution in [0.25, 0.3) is 10.9 Å². The van der Waals surface area contributed by atoms with Crippen LogP contribution in [0.4, 0.5) is 0 Å². The highest BCUT2D eigenvalue weighted by atomic mass is 35.5. The van der Waals surface area contributed by atoms with Gasteiger partial charge in [0.25, 0.3) is 11.5 Å². The van der Waals surface area contributed by atoms with Crippen molar-refractivity contribution in [1.29, 1.82) is 0 Å². The lowest BCUT2D eigenvalue weighted by atomic mass is 10.2. The van der Waals surface area contributed by atoms with Gasteiger partial charge in [0.15, 0.2) is 0 Å². The zero-order chi connectivity index (χ0) is 17.1. The molecule has 0 aliphatic rings. The number of aromatic amines is 1. The number of aromatic nitrogens is 2. The Morgan fingerprint density at radius 2 is 2.21 bits per heavy atom.